The Morgan fingerprint density at radius 1 is 1.33 bits per heavy atom. The van der Waals surface area contributed by atoms with E-state index in [1.54, 1.807) is 6.20 Å². The summed E-state index contributed by atoms with van der Waals surface area (Å²) in [7, 11) is 0. The summed E-state index contributed by atoms with van der Waals surface area (Å²) in [6, 6.07) is 7.62. The van der Waals surface area contributed by atoms with Crippen LogP contribution in [-0.2, 0) is 11.3 Å². The first-order valence-electron chi connectivity index (χ1n) is 5.86. The SMILES string of the molecule is CC(C)(C)OC(=O)N1C=COc2ccccc2C1. The van der Waals surface area contributed by atoms with Crippen molar-refractivity contribution in [1.29, 1.82) is 0 Å². The van der Waals surface area contributed by atoms with Gasteiger partial charge in [0.05, 0.1) is 6.54 Å². The molecule has 0 N–H and O–H groups in total. The van der Waals surface area contributed by atoms with Crippen LogP contribution in [0.25, 0.3) is 0 Å². The van der Waals surface area contributed by atoms with E-state index in [1.165, 1.54) is 11.2 Å². The maximum atomic E-state index is 12.0. The Balaban J connectivity index is 2.15. The lowest BCUT2D eigenvalue weighted by atomic mass is 10.2. The van der Waals surface area contributed by atoms with E-state index < -0.39 is 5.60 Å². The highest BCUT2D eigenvalue weighted by atomic mass is 16.6. The van der Waals surface area contributed by atoms with Gasteiger partial charge in [0.1, 0.15) is 17.6 Å². The number of carbonyl (C=O) groups excluding carboxylic acids is 1. The van der Waals surface area contributed by atoms with Crippen LogP contribution >= 0.6 is 0 Å². The monoisotopic (exact) mass is 247 g/mol. The molecule has 1 amide bonds. The van der Waals surface area contributed by atoms with E-state index in [-0.39, 0.29) is 6.09 Å². The van der Waals surface area contributed by atoms with Crippen LogP contribution < -0.4 is 4.74 Å². The molecule has 0 unspecified atom stereocenters. The van der Waals surface area contributed by atoms with Gasteiger partial charge >= 0.3 is 6.09 Å². The first kappa shape index (κ1) is 12.5. The number of nitrogens with zero attached hydrogens (tertiary/aromatic N) is 1. The van der Waals surface area contributed by atoms with Crippen LogP contribution in [0, 0.1) is 0 Å². The third kappa shape index (κ3) is 3.03. The first-order valence-corrected chi connectivity index (χ1v) is 5.86. The summed E-state index contributed by atoms with van der Waals surface area (Å²) in [5.74, 6) is 0.764. The van der Waals surface area contributed by atoms with Gasteiger partial charge in [-0.2, -0.15) is 0 Å². The second-order valence-electron chi connectivity index (χ2n) is 5.12. The number of fused-ring (bicyclic) bond motifs is 1. The fourth-order valence-electron chi connectivity index (χ4n) is 1.61. The predicted octanol–water partition coefficient (Wildman–Crippen LogP) is 3.29. The molecule has 0 spiro atoms. The first-order chi connectivity index (χ1) is 8.46. The van der Waals surface area contributed by atoms with Crippen LogP contribution in [0.3, 0.4) is 0 Å². The van der Waals surface area contributed by atoms with Gasteiger partial charge in [-0.25, -0.2) is 4.79 Å². The Kier molecular flexibility index (Phi) is 3.28. The molecule has 1 aliphatic rings. The maximum absolute atomic E-state index is 12.0. The molecule has 0 aliphatic carbocycles. The number of benzene rings is 1. The number of carbonyl (C=O) groups is 1. The van der Waals surface area contributed by atoms with E-state index in [4.69, 9.17) is 9.47 Å². The Morgan fingerprint density at radius 2 is 2.06 bits per heavy atom. The average Bonchev–Trinajstić information content (AvgIpc) is 2.48. The summed E-state index contributed by atoms with van der Waals surface area (Å²) in [6.45, 7) is 5.98. The molecule has 0 radical (unpaired) electrons. The standard InChI is InChI=1S/C14H17NO3/c1-14(2,3)18-13(16)15-8-9-17-12-7-5-4-6-11(12)10-15/h4-9H,10H2,1-3H3. The molecule has 1 aromatic rings. The van der Waals surface area contributed by atoms with E-state index in [1.807, 2.05) is 45.0 Å². The second-order valence-corrected chi connectivity index (χ2v) is 5.12. The van der Waals surface area contributed by atoms with Gasteiger partial charge in [-0.05, 0) is 26.8 Å². The molecule has 4 heteroatoms. The fourth-order valence-corrected chi connectivity index (χ4v) is 1.61. The van der Waals surface area contributed by atoms with Crippen molar-refractivity contribution in [3.8, 4) is 5.75 Å². The lowest BCUT2D eigenvalue weighted by molar-refractivity contribution is 0.0323. The van der Waals surface area contributed by atoms with E-state index >= 15 is 0 Å². The smallest absolute Gasteiger partial charge is 0.414 e. The van der Waals surface area contributed by atoms with Crippen LogP contribution in [0.2, 0.25) is 0 Å². The molecule has 0 fully saturated rings. The molecule has 0 saturated carbocycles. The summed E-state index contributed by atoms with van der Waals surface area (Å²) in [5.41, 5.74) is 0.450. The van der Waals surface area contributed by atoms with E-state index in [0.29, 0.717) is 6.54 Å². The van der Waals surface area contributed by atoms with E-state index in [2.05, 4.69) is 0 Å². The maximum Gasteiger partial charge on any atom is 0.414 e. The summed E-state index contributed by atoms with van der Waals surface area (Å²) in [4.78, 5) is 13.5. The Labute approximate surface area is 107 Å². The second kappa shape index (κ2) is 4.72. The summed E-state index contributed by atoms with van der Waals surface area (Å²) < 4.78 is 10.8. The number of ether oxygens (including phenoxy) is 2. The molecule has 1 aliphatic heterocycles. The Hall–Kier alpha value is -1.97. The van der Waals surface area contributed by atoms with Crippen molar-refractivity contribution in [2.24, 2.45) is 0 Å². The Bertz CT molecular complexity index is 474. The number of rotatable bonds is 0. The highest BCUT2D eigenvalue weighted by molar-refractivity contribution is 5.69. The molecule has 1 aromatic carbocycles. The van der Waals surface area contributed by atoms with Crippen molar-refractivity contribution in [1.82, 2.24) is 4.90 Å². The van der Waals surface area contributed by atoms with Gasteiger partial charge in [-0.1, -0.05) is 18.2 Å². The largest absolute Gasteiger partial charge is 0.463 e. The van der Waals surface area contributed by atoms with E-state index in [0.717, 1.165) is 11.3 Å². The van der Waals surface area contributed by atoms with Crippen molar-refractivity contribution in [3.63, 3.8) is 0 Å². The molecule has 18 heavy (non-hydrogen) atoms. The highest BCUT2D eigenvalue weighted by Crippen LogP contribution is 2.23. The molecule has 0 bridgehead atoms. The minimum absolute atomic E-state index is 0.376. The van der Waals surface area contributed by atoms with Crippen molar-refractivity contribution in [2.75, 3.05) is 0 Å². The number of hydrogen-bond acceptors (Lipinski definition) is 3. The third-order valence-corrected chi connectivity index (χ3v) is 2.38. The van der Waals surface area contributed by atoms with Gasteiger partial charge in [0.25, 0.3) is 0 Å². The zero-order valence-corrected chi connectivity index (χ0v) is 10.8. The van der Waals surface area contributed by atoms with Crippen LogP contribution in [0.4, 0.5) is 4.79 Å². The van der Waals surface area contributed by atoms with Crippen molar-refractivity contribution >= 4 is 6.09 Å². The molecule has 0 atom stereocenters. The Morgan fingerprint density at radius 3 is 2.78 bits per heavy atom. The molecular formula is C14H17NO3. The summed E-state index contributed by atoms with van der Waals surface area (Å²) in [5, 5.41) is 0. The highest BCUT2D eigenvalue weighted by Gasteiger charge is 2.22. The van der Waals surface area contributed by atoms with Crippen molar-refractivity contribution in [2.45, 2.75) is 32.9 Å². The summed E-state index contributed by atoms with van der Waals surface area (Å²) >= 11 is 0. The molecule has 2 rings (SSSR count). The predicted molar refractivity (Wildman–Crippen MR) is 68.0 cm³/mol. The molecule has 1 heterocycles. The van der Waals surface area contributed by atoms with Crippen molar-refractivity contribution < 1.29 is 14.3 Å². The van der Waals surface area contributed by atoms with Crippen LogP contribution in [0.5, 0.6) is 5.75 Å². The normalized spacial score (nSPS) is 14.5. The average molecular weight is 247 g/mol. The van der Waals surface area contributed by atoms with Gasteiger partial charge in [-0.15, -0.1) is 0 Å². The zero-order valence-electron chi connectivity index (χ0n) is 10.8. The molecule has 0 saturated heterocycles. The minimum Gasteiger partial charge on any atom is -0.463 e. The molecule has 4 nitrogen and oxygen atoms in total. The topological polar surface area (TPSA) is 38.8 Å². The van der Waals surface area contributed by atoms with Gasteiger partial charge in [0, 0.05) is 11.8 Å². The quantitative estimate of drug-likeness (QED) is 0.706. The minimum atomic E-state index is -0.502. The van der Waals surface area contributed by atoms with Crippen LogP contribution in [-0.4, -0.2) is 16.6 Å². The summed E-state index contributed by atoms with van der Waals surface area (Å²) in [6.07, 6.45) is 2.71. The fraction of sp³-hybridized carbons (Fsp3) is 0.357. The van der Waals surface area contributed by atoms with Crippen LogP contribution in [0.1, 0.15) is 26.3 Å². The molecular weight excluding hydrogens is 230 g/mol. The number of para-hydroxylation sites is 1. The number of amides is 1. The number of hydrogen-bond donors (Lipinski definition) is 0. The molecule has 0 aromatic heterocycles. The zero-order chi connectivity index (χ0) is 13.2. The van der Waals surface area contributed by atoms with Crippen LogP contribution in [0.15, 0.2) is 36.7 Å². The van der Waals surface area contributed by atoms with Crippen molar-refractivity contribution in [3.05, 3.63) is 42.3 Å². The molecule has 96 valence electrons. The van der Waals surface area contributed by atoms with Gasteiger partial charge in [-0.3, -0.25) is 4.90 Å². The lowest BCUT2D eigenvalue weighted by Gasteiger charge is -2.24. The van der Waals surface area contributed by atoms with Gasteiger partial charge in [0.15, 0.2) is 0 Å². The van der Waals surface area contributed by atoms with Gasteiger partial charge in [0.2, 0.25) is 0 Å². The lowest BCUT2D eigenvalue weighted by Crippen LogP contribution is -2.33. The van der Waals surface area contributed by atoms with E-state index in [9.17, 15) is 4.79 Å². The van der Waals surface area contributed by atoms with Gasteiger partial charge < -0.3 is 9.47 Å². The third-order valence-electron chi connectivity index (χ3n) is 2.38.